The van der Waals surface area contributed by atoms with Gasteiger partial charge in [0, 0.05) is 12.4 Å². The van der Waals surface area contributed by atoms with E-state index in [1.165, 1.54) is 42.0 Å². The summed E-state index contributed by atoms with van der Waals surface area (Å²) in [5.74, 6) is -0.881. The van der Waals surface area contributed by atoms with Crippen LogP contribution in [-0.2, 0) is 6.18 Å². The van der Waals surface area contributed by atoms with E-state index in [0.29, 0.717) is 6.07 Å². The van der Waals surface area contributed by atoms with Crippen LogP contribution in [0.3, 0.4) is 0 Å². The molecule has 0 spiro atoms. The van der Waals surface area contributed by atoms with Crippen molar-refractivity contribution in [2.45, 2.75) is 6.18 Å². The van der Waals surface area contributed by atoms with Crippen LogP contribution in [0.15, 0.2) is 49.6 Å². The third-order valence-electron chi connectivity index (χ3n) is 2.96. The van der Waals surface area contributed by atoms with Crippen LogP contribution in [0, 0.1) is 0 Å². The maximum absolute atomic E-state index is 13.1. The van der Waals surface area contributed by atoms with Gasteiger partial charge in [-0.05, 0) is 12.1 Å². The van der Waals surface area contributed by atoms with Crippen molar-refractivity contribution in [1.82, 2.24) is 24.5 Å². The first-order valence-electron chi connectivity index (χ1n) is 6.57. The fourth-order valence-electron chi connectivity index (χ4n) is 1.88. The number of carbonyl (C=O) groups is 1. The maximum Gasteiger partial charge on any atom is 0.416 e. The fraction of sp³-hybridized carbons (Fsp3) is 0.0714. The Labute approximate surface area is 133 Å². The minimum atomic E-state index is -4.62. The number of aromatic nitrogens is 5. The average molecular weight is 334 g/mol. The molecule has 1 amide bonds. The van der Waals surface area contributed by atoms with E-state index in [2.05, 4.69) is 25.3 Å². The van der Waals surface area contributed by atoms with Crippen LogP contribution in [0.5, 0.6) is 0 Å². The number of halogens is 3. The Kier molecular flexibility index (Phi) is 3.94. The molecule has 0 aliphatic rings. The summed E-state index contributed by atoms with van der Waals surface area (Å²) < 4.78 is 40.5. The Morgan fingerprint density at radius 1 is 1.12 bits per heavy atom. The molecule has 122 valence electrons. The molecule has 0 saturated heterocycles. The Bertz CT molecular complexity index is 849. The monoisotopic (exact) mass is 334 g/mol. The van der Waals surface area contributed by atoms with Gasteiger partial charge in [0.2, 0.25) is 0 Å². The molecule has 0 aliphatic carbocycles. The second kappa shape index (κ2) is 6.07. The van der Waals surface area contributed by atoms with Gasteiger partial charge in [-0.3, -0.25) is 9.36 Å². The quantitative estimate of drug-likeness (QED) is 0.794. The van der Waals surface area contributed by atoms with Crippen LogP contribution < -0.4 is 5.32 Å². The van der Waals surface area contributed by atoms with Gasteiger partial charge in [0.1, 0.15) is 24.2 Å². The highest BCUT2D eigenvalue weighted by molar-refractivity contribution is 6.02. The Balaban J connectivity index is 2.00. The van der Waals surface area contributed by atoms with Gasteiger partial charge >= 0.3 is 6.18 Å². The predicted octanol–water partition coefficient (Wildman–Crippen LogP) is 2.33. The molecule has 0 atom stereocenters. The predicted molar refractivity (Wildman–Crippen MR) is 76.3 cm³/mol. The van der Waals surface area contributed by atoms with Gasteiger partial charge in [0.05, 0.1) is 23.6 Å². The molecule has 0 saturated carbocycles. The minimum Gasteiger partial charge on any atom is -0.318 e. The van der Waals surface area contributed by atoms with Crippen LogP contribution in [0.2, 0.25) is 0 Å². The standard InChI is InChI=1S/C14H9F3N6O/c15-14(16,17)9-3-11(13(24)21-10-5-19-7-20-6-10)22-12(4-9)23-2-1-18-8-23/h1-8H,(H,21,24). The Morgan fingerprint density at radius 2 is 1.88 bits per heavy atom. The summed E-state index contributed by atoms with van der Waals surface area (Å²) in [7, 11) is 0. The topological polar surface area (TPSA) is 85.6 Å². The summed E-state index contributed by atoms with van der Waals surface area (Å²) in [6.45, 7) is 0. The highest BCUT2D eigenvalue weighted by atomic mass is 19.4. The van der Waals surface area contributed by atoms with E-state index < -0.39 is 23.3 Å². The van der Waals surface area contributed by atoms with Crippen molar-refractivity contribution in [1.29, 1.82) is 0 Å². The van der Waals surface area contributed by atoms with Gasteiger partial charge in [0.15, 0.2) is 0 Å². The number of nitrogens with zero attached hydrogens (tertiary/aromatic N) is 5. The second-order valence-electron chi connectivity index (χ2n) is 4.65. The number of nitrogens with one attached hydrogen (secondary N) is 1. The normalized spacial score (nSPS) is 11.3. The van der Waals surface area contributed by atoms with E-state index in [4.69, 9.17) is 0 Å². The van der Waals surface area contributed by atoms with Gasteiger partial charge in [0.25, 0.3) is 5.91 Å². The van der Waals surface area contributed by atoms with E-state index in [1.807, 2.05) is 0 Å². The average Bonchev–Trinajstić information content (AvgIpc) is 3.09. The summed E-state index contributed by atoms with van der Waals surface area (Å²) in [6, 6.07) is 1.52. The van der Waals surface area contributed by atoms with Crippen LogP contribution in [0.1, 0.15) is 16.1 Å². The number of hydrogen-bond donors (Lipinski definition) is 1. The van der Waals surface area contributed by atoms with Crippen LogP contribution >= 0.6 is 0 Å². The Morgan fingerprint density at radius 3 is 2.50 bits per heavy atom. The first-order chi connectivity index (χ1) is 11.4. The molecule has 0 fully saturated rings. The lowest BCUT2D eigenvalue weighted by Crippen LogP contribution is -2.17. The maximum atomic E-state index is 13.1. The summed E-state index contributed by atoms with van der Waals surface area (Å²) >= 11 is 0. The van der Waals surface area contributed by atoms with Crippen molar-refractivity contribution in [2.75, 3.05) is 5.32 Å². The molecule has 0 aliphatic heterocycles. The van der Waals surface area contributed by atoms with Crippen molar-refractivity contribution in [3.8, 4) is 5.82 Å². The molecule has 1 N–H and O–H groups in total. The molecule has 10 heteroatoms. The molecule has 24 heavy (non-hydrogen) atoms. The first kappa shape index (κ1) is 15.6. The van der Waals surface area contributed by atoms with E-state index >= 15 is 0 Å². The lowest BCUT2D eigenvalue weighted by molar-refractivity contribution is -0.137. The van der Waals surface area contributed by atoms with Crippen molar-refractivity contribution in [2.24, 2.45) is 0 Å². The number of amides is 1. The molecule has 0 bridgehead atoms. The molecule has 0 aromatic carbocycles. The minimum absolute atomic E-state index is 0.0724. The zero-order chi connectivity index (χ0) is 17.2. The van der Waals surface area contributed by atoms with Crippen LogP contribution in [0.4, 0.5) is 18.9 Å². The van der Waals surface area contributed by atoms with Crippen molar-refractivity contribution >= 4 is 11.6 Å². The molecule has 3 aromatic heterocycles. The smallest absolute Gasteiger partial charge is 0.318 e. The molecule has 3 rings (SSSR count). The highest BCUT2D eigenvalue weighted by Crippen LogP contribution is 2.30. The van der Waals surface area contributed by atoms with E-state index in [0.717, 1.165) is 6.07 Å². The molecule has 0 radical (unpaired) electrons. The van der Waals surface area contributed by atoms with Crippen molar-refractivity contribution < 1.29 is 18.0 Å². The number of pyridine rings is 1. The lowest BCUT2D eigenvalue weighted by atomic mass is 10.2. The lowest BCUT2D eigenvalue weighted by Gasteiger charge is -2.12. The van der Waals surface area contributed by atoms with Gasteiger partial charge < -0.3 is 5.32 Å². The van der Waals surface area contributed by atoms with E-state index in [-0.39, 0.29) is 11.5 Å². The van der Waals surface area contributed by atoms with Crippen molar-refractivity contribution in [3.05, 3.63) is 60.8 Å². The van der Waals surface area contributed by atoms with Crippen molar-refractivity contribution in [3.63, 3.8) is 0 Å². The summed E-state index contributed by atoms with van der Waals surface area (Å²) in [5, 5.41) is 2.39. The SMILES string of the molecule is O=C(Nc1cncnc1)c1cc(C(F)(F)F)cc(-n2ccnc2)n1. The zero-order valence-corrected chi connectivity index (χ0v) is 11.9. The fourth-order valence-corrected chi connectivity index (χ4v) is 1.88. The molecule has 7 nitrogen and oxygen atoms in total. The third kappa shape index (κ3) is 3.37. The number of anilines is 1. The van der Waals surface area contributed by atoms with Crippen LogP contribution in [0.25, 0.3) is 5.82 Å². The molecule has 3 aromatic rings. The molecular formula is C14H9F3N6O. The Hall–Kier alpha value is -3.30. The van der Waals surface area contributed by atoms with Gasteiger partial charge in [-0.1, -0.05) is 0 Å². The molecule has 0 unspecified atom stereocenters. The molecule has 3 heterocycles. The zero-order valence-electron chi connectivity index (χ0n) is 11.9. The van der Waals surface area contributed by atoms with Gasteiger partial charge in [-0.2, -0.15) is 13.2 Å². The van der Waals surface area contributed by atoms with E-state index in [1.54, 1.807) is 0 Å². The number of alkyl halides is 3. The number of carbonyl (C=O) groups excluding carboxylic acids is 1. The summed E-state index contributed by atoms with van der Waals surface area (Å²) in [4.78, 5) is 27.3. The highest BCUT2D eigenvalue weighted by Gasteiger charge is 2.32. The molecular weight excluding hydrogens is 325 g/mol. The number of hydrogen-bond acceptors (Lipinski definition) is 5. The van der Waals surface area contributed by atoms with Crippen LogP contribution in [-0.4, -0.2) is 30.4 Å². The first-order valence-corrected chi connectivity index (χ1v) is 6.57. The summed E-state index contributed by atoms with van der Waals surface area (Å²) in [5.41, 5.74) is -1.14. The number of rotatable bonds is 3. The van der Waals surface area contributed by atoms with Gasteiger partial charge in [-0.25, -0.2) is 19.9 Å². The third-order valence-corrected chi connectivity index (χ3v) is 2.96. The number of imidazole rings is 1. The largest absolute Gasteiger partial charge is 0.416 e. The summed E-state index contributed by atoms with van der Waals surface area (Å²) in [6.07, 6.45) is 3.37. The van der Waals surface area contributed by atoms with Gasteiger partial charge in [-0.15, -0.1) is 0 Å². The van der Waals surface area contributed by atoms with E-state index in [9.17, 15) is 18.0 Å². The second-order valence-corrected chi connectivity index (χ2v) is 4.65.